The molecule has 2 heterocycles. The molecule has 0 saturated carbocycles. The van der Waals surface area contributed by atoms with Gasteiger partial charge in [-0.1, -0.05) is 0 Å². The second-order valence-corrected chi connectivity index (χ2v) is 4.03. The predicted molar refractivity (Wildman–Crippen MR) is 68.8 cm³/mol. The van der Waals surface area contributed by atoms with Gasteiger partial charge in [0.05, 0.1) is 36.7 Å². The SMILES string of the molecule is Cc1c(CCl)ncc(F)c1N1CCOCC1.Cl. The average molecular weight is 281 g/mol. The Labute approximate surface area is 111 Å². The lowest BCUT2D eigenvalue weighted by Crippen LogP contribution is -2.37. The molecule has 0 aliphatic carbocycles. The first-order valence-corrected chi connectivity index (χ1v) is 5.80. The van der Waals surface area contributed by atoms with E-state index >= 15 is 0 Å². The van der Waals surface area contributed by atoms with E-state index in [0.29, 0.717) is 37.9 Å². The fourth-order valence-corrected chi connectivity index (χ4v) is 2.19. The van der Waals surface area contributed by atoms with Gasteiger partial charge in [0.2, 0.25) is 0 Å². The third-order valence-electron chi connectivity index (χ3n) is 2.80. The first-order valence-electron chi connectivity index (χ1n) is 5.26. The molecule has 1 saturated heterocycles. The third kappa shape index (κ3) is 3.00. The quantitative estimate of drug-likeness (QED) is 0.779. The van der Waals surface area contributed by atoms with E-state index in [1.165, 1.54) is 6.20 Å². The van der Waals surface area contributed by atoms with Crippen LogP contribution in [0.2, 0.25) is 0 Å². The molecule has 0 radical (unpaired) electrons. The Morgan fingerprint density at radius 2 is 2.12 bits per heavy atom. The van der Waals surface area contributed by atoms with Crippen molar-refractivity contribution < 1.29 is 9.13 Å². The van der Waals surface area contributed by atoms with Gasteiger partial charge in [0.1, 0.15) is 0 Å². The second-order valence-electron chi connectivity index (χ2n) is 3.76. The molecule has 6 heteroatoms. The van der Waals surface area contributed by atoms with Crippen molar-refractivity contribution in [3.05, 3.63) is 23.3 Å². The molecule has 1 aliphatic rings. The van der Waals surface area contributed by atoms with Crippen molar-refractivity contribution in [1.29, 1.82) is 0 Å². The first kappa shape index (κ1) is 14.5. The maximum absolute atomic E-state index is 13.8. The van der Waals surface area contributed by atoms with E-state index in [2.05, 4.69) is 4.98 Å². The van der Waals surface area contributed by atoms with Crippen LogP contribution in [0.5, 0.6) is 0 Å². The fourth-order valence-electron chi connectivity index (χ4n) is 1.92. The van der Waals surface area contributed by atoms with Crippen LogP contribution in [-0.2, 0) is 10.6 Å². The van der Waals surface area contributed by atoms with Crippen molar-refractivity contribution in [3.63, 3.8) is 0 Å². The summed E-state index contributed by atoms with van der Waals surface area (Å²) in [5.41, 5.74) is 2.19. The number of rotatable bonds is 2. The lowest BCUT2D eigenvalue weighted by Gasteiger charge is -2.30. The van der Waals surface area contributed by atoms with Gasteiger partial charge in [0, 0.05) is 13.1 Å². The summed E-state index contributed by atoms with van der Waals surface area (Å²) >= 11 is 5.77. The minimum atomic E-state index is -0.284. The number of aromatic nitrogens is 1. The summed E-state index contributed by atoms with van der Waals surface area (Å²) in [5.74, 6) is 0.0250. The van der Waals surface area contributed by atoms with Crippen molar-refractivity contribution in [1.82, 2.24) is 4.98 Å². The Hall–Kier alpha value is -0.580. The molecule has 0 unspecified atom stereocenters. The summed E-state index contributed by atoms with van der Waals surface area (Å²) in [5, 5.41) is 0. The van der Waals surface area contributed by atoms with Crippen LogP contribution in [0.1, 0.15) is 11.3 Å². The number of alkyl halides is 1. The first-order chi connectivity index (χ1) is 7.74. The van der Waals surface area contributed by atoms with Crippen LogP contribution >= 0.6 is 24.0 Å². The largest absolute Gasteiger partial charge is 0.378 e. The molecule has 2 rings (SSSR count). The van der Waals surface area contributed by atoms with Gasteiger partial charge in [-0.3, -0.25) is 4.98 Å². The van der Waals surface area contributed by atoms with Crippen molar-refractivity contribution in [2.24, 2.45) is 0 Å². The summed E-state index contributed by atoms with van der Waals surface area (Å²) in [6, 6.07) is 0. The maximum atomic E-state index is 13.8. The third-order valence-corrected chi connectivity index (χ3v) is 3.06. The number of nitrogens with zero attached hydrogens (tertiary/aromatic N) is 2. The molecule has 96 valence electrons. The molecule has 1 aromatic rings. The molecular weight excluding hydrogens is 266 g/mol. The molecular formula is C11H15Cl2FN2O. The van der Waals surface area contributed by atoms with E-state index in [1.807, 2.05) is 11.8 Å². The molecule has 1 aromatic heterocycles. The number of anilines is 1. The highest BCUT2D eigenvalue weighted by atomic mass is 35.5. The fraction of sp³-hybridized carbons (Fsp3) is 0.545. The molecule has 0 spiro atoms. The minimum absolute atomic E-state index is 0. The summed E-state index contributed by atoms with van der Waals surface area (Å²) in [7, 11) is 0. The van der Waals surface area contributed by atoms with Gasteiger partial charge in [-0.2, -0.15) is 0 Å². The summed E-state index contributed by atoms with van der Waals surface area (Å²) in [4.78, 5) is 5.98. The molecule has 0 atom stereocenters. The Balaban J connectivity index is 0.00000144. The lowest BCUT2D eigenvalue weighted by molar-refractivity contribution is 0.122. The van der Waals surface area contributed by atoms with Gasteiger partial charge >= 0.3 is 0 Å². The van der Waals surface area contributed by atoms with Crippen LogP contribution < -0.4 is 4.90 Å². The van der Waals surface area contributed by atoms with Crippen LogP contribution in [0.15, 0.2) is 6.20 Å². The topological polar surface area (TPSA) is 25.4 Å². The van der Waals surface area contributed by atoms with E-state index in [1.54, 1.807) is 0 Å². The minimum Gasteiger partial charge on any atom is -0.378 e. The molecule has 1 fully saturated rings. The predicted octanol–water partition coefficient (Wildman–Crippen LogP) is 2.53. The van der Waals surface area contributed by atoms with Crippen molar-refractivity contribution in [2.75, 3.05) is 31.2 Å². The number of hydrogen-bond acceptors (Lipinski definition) is 3. The summed E-state index contributed by atoms with van der Waals surface area (Å²) in [6.45, 7) is 4.56. The van der Waals surface area contributed by atoms with Crippen molar-refractivity contribution >= 4 is 29.7 Å². The number of ether oxygens (including phenoxy) is 1. The van der Waals surface area contributed by atoms with E-state index in [-0.39, 0.29) is 18.2 Å². The van der Waals surface area contributed by atoms with Gasteiger partial charge in [-0.25, -0.2) is 4.39 Å². The zero-order valence-corrected chi connectivity index (χ0v) is 11.2. The van der Waals surface area contributed by atoms with Crippen LogP contribution in [0.25, 0.3) is 0 Å². The number of hydrogen-bond donors (Lipinski definition) is 0. The van der Waals surface area contributed by atoms with Gasteiger partial charge in [-0.15, -0.1) is 24.0 Å². The Morgan fingerprint density at radius 1 is 1.47 bits per heavy atom. The summed E-state index contributed by atoms with van der Waals surface area (Å²) < 4.78 is 19.0. The summed E-state index contributed by atoms with van der Waals surface area (Å²) in [6.07, 6.45) is 1.25. The van der Waals surface area contributed by atoms with Crippen molar-refractivity contribution in [2.45, 2.75) is 12.8 Å². The van der Waals surface area contributed by atoms with Crippen LogP contribution in [0.3, 0.4) is 0 Å². The highest BCUT2D eigenvalue weighted by Gasteiger charge is 2.19. The number of pyridine rings is 1. The van der Waals surface area contributed by atoms with Gasteiger partial charge in [0.25, 0.3) is 0 Å². The number of morpholine rings is 1. The molecule has 3 nitrogen and oxygen atoms in total. The molecule has 0 amide bonds. The zero-order chi connectivity index (χ0) is 11.5. The molecule has 0 aromatic carbocycles. The van der Waals surface area contributed by atoms with E-state index in [9.17, 15) is 4.39 Å². The Bertz CT molecular complexity index is 384. The van der Waals surface area contributed by atoms with E-state index in [0.717, 1.165) is 11.3 Å². The molecule has 0 bridgehead atoms. The maximum Gasteiger partial charge on any atom is 0.165 e. The Morgan fingerprint density at radius 3 is 2.71 bits per heavy atom. The zero-order valence-electron chi connectivity index (χ0n) is 9.58. The average Bonchev–Trinajstić information content (AvgIpc) is 2.31. The molecule has 0 N–H and O–H groups in total. The van der Waals surface area contributed by atoms with Gasteiger partial charge < -0.3 is 9.64 Å². The molecule has 17 heavy (non-hydrogen) atoms. The Kier molecular flexibility index (Phi) is 5.43. The van der Waals surface area contributed by atoms with Gasteiger partial charge in [-0.05, 0) is 12.5 Å². The normalized spacial score (nSPS) is 15.6. The monoisotopic (exact) mass is 280 g/mol. The standard InChI is InChI=1S/C11H14ClFN2O.ClH/c1-8-10(6-12)14-7-9(13)11(8)15-2-4-16-5-3-15;/h7H,2-6H2,1H3;1H. The second kappa shape index (κ2) is 6.38. The highest BCUT2D eigenvalue weighted by molar-refractivity contribution is 6.17. The van der Waals surface area contributed by atoms with E-state index < -0.39 is 0 Å². The highest BCUT2D eigenvalue weighted by Crippen LogP contribution is 2.26. The van der Waals surface area contributed by atoms with Crippen LogP contribution in [0.4, 0.5) is 10.1 Å². The number of halogens is 3. The molecule has 1 aliphatic heterocycles. The smallest absolute Gasteiger partial charge is 0.165 e. The van der Waals surface area contributed by atoms with E-state index in [4.69, 9.17) is 16.3 Å². The van der Waals surface area contributed by atoms with Gasteiger partial charge in [0.15, 0.2) is 5.82 Å². The van der Waals surface area contributed by atoms with Crippen LogP contribution in [-0.4, -0.2) is 31.3 Å². The van der Waals surface area contributed by atoms with Crippen molar-refractivity contribution in [3.8, 4) is 0 Å². The lowest BCUT2D eigenvalue weighted by atomic mass is 10.1. The van der Waals surface area contributed by atoms with Crippen LogP contribution in [0, 0.1) is 12.7 Å².